The molecule has 4 rings (SSSR count). The van der Waals surface area contributed by atoms with E-state index in [4.69, 9.17) is 4.74 Å². The van der Waals surface area contributed by atoms with Crippen LogP contribution in [0.15, 0.2) is 64.5 Å². The molecule has 0 radical (unpaired) electrons. The molecule has 1 aromatic heterocycles. The van der Waals surface area contributed by atoms with Gasteiger partial charge in [-0.15, -0.1) is 0 Å². The molecular weight excluding hydrogens is 324 g/mol. The average Bonchev–Trinajstić information content (AvgIpc) is 2.61. The molecule has 0 aliphatic heterocycles. The number of anilines is 1. The first-order chi connectivity index (χ1) is 12.6. The van der Waals surface area contributed by atoms with Crippen LogP contribution in [0.4, 0.5) is 5.69 Å². The number of fused-ring (bicyclic) bond motifs is 4. The van der Waals surface area contributed by atoms with E-state index in [0.29, 0.717) is 5.92 Å². The Hall–Kier alpha value is -2.75. The first-order valence-corrected chi connectivity index (χ1v) is 9.04. The van der Waals surface area contributed by atoms with Gasteiger partial charge < -0.3 is 15.0 Å². The van der Waals surface area contributed by atoms with Crippen molar-refractivity contribution in [2.45, 2.75) is 32.2 Å². The van der Waals surface area contributed by atoms with Gasteiger partial charge in [0.05, 0.1) is 12.6 Å². The topological polar surface area (TPSA) is 54.1 Å². The number of methoxy groups -OCH3 is 1. The molecule has 134 valence electrons. The number of hydrogen-bond acceptors (Lipinski definition) is 3. The average molecular weight is 348 g/mol. The number of benzene rings is 1. The lowest BCUT2D eigenvalue weighted by Crippen LogP contribution is -2.47. The Morgan fingerprint density at radius 1 is 1.23 bits per heavy atom. The second-order valence-electron chi connectivity index (χ2n) is 7.22. The van der Waals surface area contributed by atoms with Crippen molar-refractivity contribution in [3.63, 3.8) is 0 Å². The van der Waals surface area contributed by atoms with E-state index in [0.717, 1.165) is 30.0 Å². The number of nitrogens with one attached hydrogen (secondary N) is 2. The van der Waals surface area contributed by atoms with Crippen molar-refractivity contribution in [2.24, 2.45) is 5.92 Å². The molecule has 0 fully saturated rings. The molecule has 0 spiro atoms. The standard InChI is InChI=1S/C22H24N2O2/c1-4-18-15-11-14(2)13-22(18,19-9-10-21(25)23-20(19)12-15)24-16-5-7-17(26-3)8-6-16/h4-11,15,24H,12-13H2,1-3H3,(H,23,25)/b18-4+/t15-,22+/m0/s1. The van der Waals surface area contributed by atoms with Gasteiger partial charge in [0.2, 0.25) is 5.56 Å². The first kappa shape index (κ1) is 16.7. The monoisotopic (exact) mass is 348 g/mol. The predicted octanol–water partition coefficient (Wildman–Crippen LogP) is 4.16. The molecule has 2 aliphatic rings. The molecule has 1 aromatic carbocycles. The fourth-order valence-corrected chi connectivity index (χ4v) is 4.61. The molecule has 2 aromatic rings. The van der Waals surface area contributed by atoms with Gasteiger partial charge in [0.15, 0.2) is 0 Å². The van der Waals surface area contributed by atoms with Crippen molar-refractivity contribution >= 4 is 5.69 Å². The number of aromatic amines is 1. The SMILES string of the molecule is C/C=C1\[C@H]2C=C(C)C[C@]1(Nc1ccc(OC)cc1)c1ccc(=O)[nH]c1C2. The van der Waals surface area contributed by atoms with Crippen LogP contribution >= 0.6 is 0 Å². The van der Waals surface area contributed by atoms with Crippen LogP contribution in [0.3, 0.4) is 0 Å². The highest BCUT2D eigenvalue weighted by Crippen LogP contribution is 2.51. The molecule has 4 nitrogen and oxygen atoms in total. The van der Waals surface area contributed by atoms with Crippen molar-refractivity contribution in [1.82, 2.24) is 4.98 Å². The summed E-state index contributed by atoms with van der Waals surface area (Å²) in [5.41, 5.74) is 5.63. The van der Waals surface area contributed by atoms with Crippen LogP contribution in [0.25, 0.3) is 0 Å². The molecule has 26 heavy (non-hydrogen) atoms. The van der Waals surface area contributed by atoms with Crippen LogP contribution in [-0.4, -0.2) is 12.1 Å². The number of hydrogen-bond donors (Lipinski definition) is 2. The summed E-state index contributed by atoms with van der Waals surface area (Å²) in [7, 11) is 1.67. The minimum Gasteiger partial charge on any atom is -0.497 e. The summed E-state index contributed by atoms with van der Waals surface area (Å²) >= 11 is 0. The highest BCUT2D eigenvalue weighted by Gasteiger charge is 2.46. The zero-order valence-electron chi connectivity index (χ0n) is 15.4. The number of pyridine rings is 1. The Morgan fingerprint density at radius 2 is 2.00 bits per heavy atom. The molecule has 2 N–H and O–H groups in total. The van der Waals surface area contributed by atoms with Gasteiger partial charge in [0.1, 0.15) is 5.75 Å². The summed E-state index contributed by atoms with van der Waals surface area (Å²) in [4.78, 5) is 15.0. The van der Waals surface area contributed by atoms with E-state index in [9.17, 15) is 4.79 Å². The summed E-state index contributed by atoms with van der Waals surface area (Å²) in [6.45, 7) is 4.30. The van der Waals surface area contributed by atoms with Crippen LogP contribution in [0.2, 0.25) is 0 Å². The quantitative estimate of drug-likeness (QED) is 0.819. The zero-order valence-corrected chi connectivity index (χ0v) is 15.4. The summed E-state index contributed by atoms with van der Waals surface area (Å²) in [6.07, 6.45) is 6.30. The van der Waals surface area contributed by atoms with Gasteiger partial charge in [0, 0.05) is 28.9 Å². The highest BCUT2D eigenvalue weighted by atomic mass is 16.5. The van der Waals surface area contributed by atoms with Gasteiger partial charge in [-0.05, 0) is 62.6 Å². The maximum absolute atomic E-state index is 11.9. The molecule has 2 bridgehead atoms. The van der Waals surface area contributed by atoms with Crippen LogP contribution < -0.4 is 15.6 Å². The Morgan fingerprint density at radius 3 is 2.69 bits per heavy atom. The van der Waals surface area contributed by atoms with E-state index < -0.39 is 0 Å². The molecular formula is C22H24N2O2. The molecule has 0 unspecified atom stereocenters. The summed E-state index contributed by atoms with van der Waals surface area (Å²) in [5, 5.41) is 3.80. The van der Waals surface area contributed by atoms with Gasteiger partial charge >= 0.3 is 0 Å². The van der Waals surface area contributed by atoms with Crippen molar-refractivity contribution in [3.8, 4) is 5.75 Å². The Kier molecular flexibility index (Phi) is 3.98. The Bertz CT molecular complexity index is 953. The predicted molar refractivity (Wildman–Crippen MR) is 105 cm³/mol. The van der Waals surface area contributed by atoms with E-state index in [1.165, 1.54) is 16.7 Å². The smallest absolute Gasteiger partial charge is 0.248 e. The summed E-state index contributed by atoms with van der Waals surface area (Å²) < 4.78 is 5.28. The number of H-pyrrole nitrogens is 1. The van der Waals surface area contributed by atoms with Crippen molar-refractivity contribution in [1.29, 1.82) is 0 Å². The van der Waals surface area contributed by atoms with Gasteiger partial charge in [-0.25, -0.2) is 0 Å². The third-order valence-electron chi connectivity index (χ3n) is 5.57. The van der Waals surface area contributed by atoms with Gasteiger partial charge in [-0.1, -0.05) is 17.7 Å². The number of rotatable bonds is 3. The van der Waals surface area contributed by atoms with Gasteiger partial charge in [-0.2, -0.15) is 0 Å². The Labute approximate surface area is 153 Å². The number of allylic oxidation sites excluding steroid dienone is 2. The second kappa shape index (κ2) is 6.20. The maximum atomic E-state index is 11.9. The lowest BCUT2D eigenvalue weighted by atomic mass is 9.63. The second-order valence-corrected chi connectivity index (χ2v) is 7.22. The van der Waals surface area contributed by atoms with E-state index in [2.05, 4.69) is 36.3 Å². The van der Waals surface area contributed by atoms with Crippen LogP contribution in [0.1, 0.15) is 31.5 Å². The molecule has 2 aliphatic carbocycles. The van der Waals surface area contributed by atoms with Crippen LogP contribution in [0.5, 0.6) is 5.75 Å². The molecule has 1 heterocycles. The zero-order chi connectivity index (χ0) is 18.3. The van der Waals surface area contributed by atoms with Crippen LogP contribution in [-0.2, 0) is 12.0 Å². The van der Waals surface area contributed by atoms with Crippen molar-refractivity contribution < 1.29 is 4.74 Å². The van der Waals surface area contributed by atoms with Gasteiger partial charge in [0.25, 0.3) is 0 Å². The number of ether oxygens (including phenoxy) is 1. The first-order valence-electron chi connectivity index (χ1n) is 9.04. The van der Waals surface area contributed by atoms with Crippen molar-refractivity contribution in [3.05, 3.63) is 81.3 Å². The molecule has 0 saturated carbocycles. The minimum absolute atomic E-state index is 0.0361. The fraction of sp³-hybridized carbons (Fsp3) is 0.318. The number of aromatic nitrogens is 1. The molecule has 0 saturated heterocycles. The third kappa shape index (κ3) is 2.57. The van der Waals surface area contributed by atoms with Crippen LogP contribution in [0, 0.1) is 5.92 Å². The fourth-order valence-electron chi connectivity index (χ4n) is 4.61. The normalized spacial score (nSPS) is 25.4. The highest BCUT2D eigenvalue weighted by molar-refractivity contribution is 5.59. The maximum Gasteiger partial charge on any atom is 0.248 e. The largest absolute Gasteiger partial charge is 0.497 e. The van der Waals surface area contributed by atoms with E-state index >= 15 is 0 Å². The third-order valence-corrected chi connectivity index (χ3v) is 5.57. The lowest BCUT2D eigenvalue weighted by molar-refractivity contribution is 0.414. The van der Waals surface area contributed by atoms with Crippen molar-refractivity contribution in [2.75, 3.05) is 12.4 Å². The molecule has 2 atom stereocenters. The van der Waals surface area contributed by atoms with E-state index in [1.54, 1.807) is 13.2 Å². The lowest BCUT2D eigenvalue weighted by Gasteiger charge is -2.48. The summed E-state index contributed by atoms with van der Waals surface area (Å²) in [6, 6.07) is 11.6. The van der Waals surface area contributed by atoms with E-state index in [-0.39, 0.29) is 11.1 Å². The minimum atomic E-state index is -0.329. The molecule has 4 heteroatoms. The Balaban J connectivity index is 1.88. The summed E-state index contributed by atoms with van der Waals surface area (Å²) in [5.74, 6) is 1.15. The molecule has 0 amide bonds. The van der Waals surface area contributed by atoms with E-state index in [1.807, 2.05) is 30.3 Å². The van der Waals surface area contributed by atoms with Gasteiger partial charge in [-0.3, -0.25) is 4.79 Å².